The van der Waals surface area contributed by atoms with Crippen LogP contribution in [0.5, 0.6) is 0 Å². The van der Waals surface area contributed by atoms with Crippen LogP contribution in [-0.2, 0) is 6.54 Å². The summed E-state index contributed by atoms with van der Waals surface area (Å²) < 4.78 is 0. The number of hydrogen-bond acceptors (Lipinski definition) is 2. The maximum absolute atomic E-state index is 12.1. The zero-order valence-corrected chi connectivity index (χ0v) is 11.5. The second kappa shape index (κ2) is 5.65. The zero-order valence-electron chi connectivity index (χ0n) is 11.5. The lowest BCUT2D eigenvalue weighted by Gasteiger charge is -2.07. The van der Waals surface area contributed by atoms with E-state index >= 15 is 0 Å². The average molecular weight is 254 g/mol. The molecule has 1 heterocycles. The number of aryl methyl sites for hydroxylation is 3. The highest BCUT2D eigenvalue weighted by atomic mass is 16.1. The molecule has 0 saturated heterocycles. The molecule has 1 N–H and O–H groups in total. The van der Waals surface area contributed by atoms with Gasteiger partial charge in [0.25, 0.3) is 5.91 Å². The molecular weight excluding hydrogens is 236 g/mol. The number of amides is 1. The molecular formula is C16H18N2O. The number of nitrogens with one attached hydrogen (secondary N) is 1. The van der Waals surface area contributed by atoms with E-state index in [1.54, 1.807) is 6.20 Å². The number of pyridine rings is 1. The number of nitrogens with zero attached hydrogens (tertiary/aromatic N) is 1. The number of rotatable bonds is 3. The topological polar surface area (TPSA) is 42.0 Å². The lowest BCUT2D eigenvalue weighted by atomic mass is 10.1. The van der Waals surface area contributed by atoms with Crippen LogP contribution in [0.4, 0.5) is 0 Å². The predicted molar refractivity (Wildman–Crippen MR) is 76.1 cm³/mol. The van der Waals surface area contributed by atoms with Gasteiger partial charge in [0, 0.05) is 24.0 Å². The van der Waals surface area contributed by atoms with Crippen LogP contribution < -0.4 is 5.32 Å². The van der Waals surface area contributed by atoms with Crippen LogP contribution in [0, 0.1) is 20.8 Å². The Hall–Kier alpha value is -2.16. The summed E-state index contributed by atoms with van der Waals surface area (Å²) in [4.78, 5) is 16.3. The van der Waals surface area contributed by atoms with Crippen LogP contribution in [0.25, 0.3) is 0 Å². The molecule has 98 valence electrons. The highest BCUT2D eigenvalue weighted by molar-refractivity contribution is 5.94. The SMILES string of the molecule is Cc1cc(C)cc(C(=O)NCc2ccc(C)nc2)c1. The summed E-state index contributed by atoms with van der Waals surface area (Å²) in [7, 11) is 0. The summed E-state index contributed by atoms with van der Waals surface area (Å²) in [5.74, 6) is -0.0487. The Balaban J connectivity index is 2.03. The molecule has 1 amide bonds. The van der Waals surface area contributed by atoms with Crippen molar-refractivity contribution in [3.8, 4) is 0 Å². The molecule has 0 aliphatic rings. The Labute approximate surface area is 113 Å². The van der Waals surface area contributed by atoms with Gasteiger partial charge in [-0.1, -0.05) is 23.3 Å². The normalized spacial score (nSPS) is 10.3. The Kier molecular flexibility index (Phi) is 3.95. The van der Waals surface area contributed by atoms with Crippen molar-refractivity contribution in [3.63, 3.8) is 0 Å². The van der Waals surface area contributed by atoms with Gasteiger partial charge in [-0.15, -0.1) is 0 Å². The third kappa shape index (κ3) is 3.65. The van der Waals surface area contributed by atoms with Crippen molar-refractivity contribution in [2.45, 2.75) is 27.3 Å². The molecule has 0 spiro atoms. The van der Waals surface area contributed by atoms with E-state index in [1.165, 1.54) is 0 Å². The van der Waals surface area contributed by atoms with Crippen LogP contribution >= 0.6 is 0 Å². The van der Waals surface area contributed by atoms with Gasteiger partial charge in [-0.05, 0) is 44.5 Å². The minimum atomic E-state index is -0.0487. The van der Waals surface area contributed by atoms with Crippen LogP contribution in [0.1, 0.15) is 32.7 Å². The van der Waals surface area contributed by atoms with Crippen molar-refractivity contribution >= 4 is 5.91 Å². The molecule has 2 aromatic rings. The second-order valence-electron chi connectivity index (χ2n) is 4.87. The van der Waals surface area contributed by atoms with E-state index in [0.29, 0.717) is 12.1 Å². The summed E-state index contributed by atoms with van der Waals surface area (Å²) >= 11 is 0. The van der Waals surface area contributed by atoms with Crippen molar-refractivity contribution in [1.29, 1.82) is 0 Å². The fourth-order valence-electron chi connectivity index (χ4n) is 1.99. The third-order valence-electron chi connectivity index (χ3n) is 2.91. The molecule has 2 rings (SSSR count). The standard InChI is InChI=1S/C16H18N2O/c1-11-6-12(2)8-15(7-11)16(19)18-10-14-5-4-13(3)17-9-14/h4-9H,10H2,1-3H3,(H,18,19). The summed E-state index contributed by atoms with van der Waals surface area (Å²) in [6.45, 7) is 6.43. The minimum Gasteiger partial charge on any atom is -0.348 e. The summed E-state index contributed by atoms with van der Waals surface area (Å²) in [6.07, 6.45) is 1.79. The van der Waals surface area contributed by atoms with Gasteiger partial charge in [0.1, 0.15) is 0 Å². The Bertz CT molecular complexity index is 568. The first-order chi connectivity index (χ1) is 9.04. The first kappa shape index (κ1) is 13.3. The zero-order chi connectivity index (χ0) is 13.8. The van der Waals surface area contributed by atoms with Crippen molar-refractivity contribution in [2.75, 3.05) is 0 Å². The van der Waals surface area contributed by atoms with Gasteiger partial charge in [-0.2, -0.15) is 0 Å². The number of carbonyl (C=O) groups is 1. The first-order valence-electron chi connectivity index (χ1n) is 6.32. The lowest BCUT2D eigenvalue weighted by molar-refractivity contribution is 0.0950. The van der Waals surface area contributed by atoms with Crippen molar-refractivity contribution in [1.82, 2.24) is 10.3 Å². The first-order valence-corrected chi connectivity index (χ1v) is 6.32. The highest BCUT2D eigenvalue weighted by Gasteiger charge is 2.06. The maximum Gasteiger partial charge on any atom is 0.251 e. The molecule has 0 bridgehead atoms. The number of aromatic nitrogens is 1. The Morgan fingerprint density at radius 3 is 2.37 bits per heavy atom. The van der Waals surface area contributed by atoms with E-state index in [9.17, 15) is 4.79 Å². The van der Waals surface area contributed by atoms with Crippen molar-refractivity contribution < 1.29 is 4.79 Å². The number of hydrogen-bond donors (Lipinski definition) is 1. The third-order valence-corrected chi connectivity index (χ3v) is 2.91. The van der Waals surface area contributed by atoms with E-state index in [0.717, 1.165) is 22.4 Å². The van der Waals surface area contributed by atoms with Gasteiger partial charge in [0.15, 0.2) is 0 Å². The predicted octanol–water partition coefficient (Wildman–Crippen LogP) is 2.94. The van der Waals surface area contributed by atoms with Crippen LogP contribution in [0.3, 0.4) is 0 Å². The molecule has 0 aliphatic heterocycles. The second-order valence-corrected chi connectivity index (χ2v) is 4.87. The maximum atomic E-state index is 12.1. The Morgan fingerprint density at radius 1 is 1.11 bits per heavy atom. The molecule has 1 aromatic heterocycles. The van der Waals surface area contributed by atoms with Gasteiger partial charge in [0.05, 0.1) is 0 Å². The Morgan fingerprint density at radius 2 is 1.79 bits per heavy atom. The van der Waals surface area contributed by atoms with Crippen molar-refractivity contribution in [3.05, 3.63) is 64.5 Å². The van der Waals surface area contributed by atoms with Crippen LogP contribution in [0.15, 0.2) is 36.5 Å². The lowest BCUT2D eigenvalue weighted by Crippen LogP contribution is -2.23. The molecule has 1 aromatic carbocycles. The molecule has 0 unspecified atom stereocenters. The van der Waals surface area contributed by atoms with E-state index in [2.05, 4.69) is 16.4 Å². The monoisotopic (exact) mass is 254 g/mol. The highest BCUT2D eigenvalue weighted by Crippen LogP contribution is 2.09. The van der Waals surface area contributed by atoms with Gasteiger partial charge >= 0.3 is 0 Å². The molecule has 0 radical (unpaired) electrons. The van der Waals surface area contributed by atoms with Gasteiger partial charge in [-0.25, -0.2) is 0 Å². The van der Waals surface area contributed by atoms with Crippen LogP contribution in [-0.4, -0.2) is 10.9 Å². The molecule has 3 nitrogen and oxygen atoms in total. The molecule has 0 atom stereocenters. The van der Waals surface area contributed by atoms with E-state index < -0.39 is 0 Å². The molecule has 0 saturated carbocycles. The molecule has 19 heavy (non-hydrogen) atoms. The summed E-state index contributed by atoms with van der Waals surface area (Å²) in [6, 6.07) is 9.77. The largest absolute Gasteiger partial charge is 0.348 e. The average Bonchev–Trinajstić information content (AvgIpc) is 2.36. The summed E-state index contributed by atoms with van der Waals surface area (Å²) in [5, 5.41) is 2.91. The quantitative estimate of drug-likeness (QED) is 0.915. The van der Waals surface area contributed by atoms with Gasteiger partial charge in [0.2, 0.25) is 0 Å². The fourth-order valence-corrected chi connectivity index (χ4v) is 1.99. The molecule has 0 aliphatic carbocycles. The van der Waals surface area contributed by atoms with Crippen molar-refractivity contribution in [2.24, 2.45) is 0 Å². The number of benzene rings is 1. The van der Waals surface area contributed by atoms with E-state index in [-0.39, 0.29) is 5.91 Å². The fraction of sp³-hybridized carbons (Fsp3) is 0.250. The smallest absolute Gasteiger partial charge is 0.251 e. The van der Waals surface area contributed by atoms with E-state index in [1.807, 2.05) is 45.0 Å². The molecule has 0 fully saturated rings. The number of carbonyl (C=O) groups excluding carboxylic acids is 1. The van der Waals surface area contributed by atoms with E-state index in [4.69, 9.17) is 0 Å². The van der Waals surface area contributed by atoms with Crippen LogP contribution in [0.2, 0.25) is 0 Å². The van der Waals surface area contributed by atoms with Gasteiger partial charge < -0.3 is 5.32 Å². The minimum absolute atomic E-state index is 0.0487. The van der Waals surface area contributed by atoms with Gasteiger partial charge in [-0.3, -0.25) is 9.78 Å². The summed E-state index contributed by atoms with van der Waals surface area (Å²) in [5.41, 5.74) is 4.88. The molecule has 3 heteroatoms.